The van der Waals surface area contributed by atoms with Crippen molar-refractivity contribution < 1.29 is 0 Å². The summed E-state index contributed by atoms with van der Waals surface area (Å²) < 4.78 is 0. The molecule has 13 heavy (non-hydrogen) atoms. The van der Waals surface area contributed by atoms with Gasteiger partial charge in [-0.2, -0.15) is 0 Å². The summed E-state index contributed by atoms with van der Waals surface area (Å²) >= 11 is 0. The number of rotatable bonds is 6. The molecule has 0 amide bonds. The van der Waals surface area contributed by atoms with Crippen molar-refractivity contribution in [2.45, 2.75) is 45.2 Å². The lowest BCUT2D eigenvalue weighted by Crippen LogP contribution is -2.39. The van der Waals surface area contributed by atoms with Gasteiger partial charge in [0.15, 0.2) is 0 Å². The Morgan fingerprint density at radius 3 is 2.31 bits per heavy atom. The molecule has 1 saturated carbocycles. The van der Waals surface area contributed by atoms with E-state index in [-0.39, 0.29) is 0 Å². The second-order valence-electron chi connectivity index (χ2n) is 4.93. The Hall–Kier alpha value is -0.0800. The second-order valence-corrected chi connectivity index (χ2v) is 4.93. The highest BCUT2D eigenvalue weighted by atomic mass is 15.1. The molecule has 1 unspecified atom stereocenters. The maximum atomic E-state index is 3.60. The number of likely N-dealkylation sites (N-methyl/N-ethyl adjacent to an activating group) is 1. The predicted molar refractivity (Wildman–Crippen MR) is 58.0 cm³/mol. The highest BCUT2D eigenvalue weighted by molar-refractivity contribution is 4.83. The van der Waals surface area contributed by atoms with Gasteiger partial charge in [-0.15, -0.1) is 0 Å². The van der Waals surface area contributed by atoms with Gasteiger partial charge in [0.25, 0.3) is 0 Å². The molecule has 1 rings (SSSR count). The highest BCUT2D eigenvalue weighted by Gasteiger charge is 2.22. The van der Waals surface area contributed by atoms with E-state index in [2.05, 4.69) is 38.2 Å². The number of hydrogen-bond donors (Lipinski definition) is 1. The van der Waals surface area contributed by atoms with Crippen LogP contribution in [0.1, 0.15) is 33.1 Å². The Kier molecular flexibility index (Phi) is 4.20. The minimum absolute atomic E-state index is 0.709. The lowest BCUT2D eigenvalue weighted by molar-refractivity contribution is 0.246. The zero-order valence-corrected chi connectivity index (χ0v) is 9.51. The molecule has 0 aromatic rings. The van der Waals surface area contributed by atoms with Crippen molar-refractivity contribution in [2.24, 2.45) is 5.92 Å². The topological polar surface area (TPSA) is 15.3 Å². The number of nitrogens with one attached hydrogen (secondary N) is 1. The molecule has 0 heterocycles. The van der Waals surface area contributed by atoms with Crippen molar-refractivity contribution in [3.8, 4) is 0 Å². The summed E-state index contributed by atoms with van der Waals surface area (Å²) in [6.45, 7) is 5.76. The van der Waals surface area contributed by atoms with Crippen molar-refractivity contribution in [1.29, 1.82) is 0 Å². The zero-order chi connectivity index (χ0) is 9.84. The standard InChI is InChI=1S/C11H24N2/c1-9(2)7-11(13(3)4)8-12-10-5-6-10/h9-12H,5-8H2,1-4H3. The normalized spacial score (nSPS) is 19.8. The van der Waals surface area contributed by atoms with Gasteiger partial charge < -0.3 is 10.2 Å². The minimum atomic E-state index is 0.709. The summed E-state index contributed by atoms with van der Waals surface area (Å²) in [7, 11) is 4.36. The molecule has 1 aliphatic rings. The van der Waals surface area contributed by atoms with Crippen LogP contribution in [0.25, 0.3) is 0 Å². The third kappa shape index (κ3) is 4.63. The van der Waals surface area contributed by atoms with Crippen LogP contribution in [0.5, 0.6) is 0 Å². The third-order valence-electron chi connectivity index (χ3n) is 2.69. The summed E-state index contributed by atoms with van der Waals surface area (Å²) in [6.07, 6.45) is 4.08. The van der Waals surface area contributed by atoms with Crippen LogP contribution in [-0.2, 0) is 0 Å². The van der Waals surface area contributed by atoms with Crippen LogP contribution in [0.3, 0.4) is 0 Å². The average molecular weight is 184 g/mol. The van der Waals surface area contributed by atoms with E-state index in [1.54, 1.807) is 0 Å². The molecule has 0 aromatic heterocycles. The fourth-order valence-corrected chi connectivity index (χ4v) is 1.61. The number of nitrogens with zero attached hydrogens (tertiary/aromatic N) is 1. The largest absolute Gasteiger partial charge is 0.312 e. The van der Waals surface area contributed by atoms with Gasteiger partial charge in [0, 0.05) is 18.6 Å². The lowest BCUT2D eigenvalue weighted by atomic mass is 10.0. The van der Waals surface area contributed by atoms with E-state index in [1.165, 1.54) is 19.3 Å². The Labute approximate surface area is 82.7 Å². The molecule has 0 aliphatic heterocycles. The molecule has 2 heteroatoms. The lowest BCUT2D eigenvalue weighted by Gasteiger charge is -2.26. The molecule has 1 fully saturated rings. The molecular formula is C11H24N2. The van der Waals surface area contributed by atoms with Crippen molar-refractivity contribution in [2.75, 3.05) is 20.6 Å². The van der Waals surface area contributed by atoms with Crippen molar-refractivity contribution in [3.63, 3.8) is 0 Å². The summed E-state index contributed by atoms with van der Waals surface area (Å²) in [5.74, 6) is 0.799. The van der Waals surface area contributed by atoms with E-state index in [0.29, 0.717) is 6.04 Å². The molecule has 0 bridgehead atoms. The number of hydrogen-bond acceptors (Lipinski definition) is 2. The first-order valence-corrected chi connectivity index (χ1v) is 5.49. The Balaban J connectivity index is 2.19. The van der Waals surface area contributed by atoms with E-state index in [0.717, 1.165) is 18.5 Å². The molecular weight excluding hydrogens is 160 g/mol. The van der Waals surface area contributed by atoms with E-state index in [9.17, 15) is 0 Å². The quantitative estimate of drug-likeness (QED) is 0.676. The first-order valence-electron chi connectivity index (χ1n) is 5.49. The van der Waals surface area contributed by atoms with Crippen LogP contribution >= 0.6 is 0 Å². The molecule has 1 N–H and O–H groups in total. The summed E-state index contributed by atoms with van der Waals surface area (Å²) in [6, 6.07) is 1.55. The van der Waals surface area contributed by atoms with Crippen LogP contribution in [-0.4, -0.2) is 37.6 Å². The van der Waals surface area contributed by atoms with Gasteiger partial charge in [-0.25, -0.2) is 0 Å². The van der Waals surface area contributed by atoms with Crippen LogP contribution in [0.2, 0.25) is 0 Å². The first kappa shape index (κ1) is 11.0. The summed E-state index contributed by atoms with van der Waals surface area (Å²) in [5.41, 5.74) is 0. The van der Waals surface area contributed by atoms with E-state index >= 15 is 0 Å². The maximum Gasteiger partial charge on any atom is 0.0217 e. The highest BCUT2D eigenvalue weighted by Crippen LogP contribution is 2.19. The van der Waals surface area contributed by atoms with Gasteiger partial charge in [0.2, 0.25) is 0 Å². The van der Waals surface area contributed by atoms with Crippen LogP contribution in [0.15, 0.2) is 0 Å². The molecule has 0 saturated heterocycles. The smallest absolute Gasteiger partial charge is 0.0217 e. The van der Waals surface area contributed by atoms with E-state index < -0.39 is 0 Å². The molecule has 0 radical (unpaired) electrons. The second kappa shape index (κ2) is 4.97. The van der Waals surface area contributed by atoms with Crippen molar-refractivity contribution >= 4 is 0 Å². The SMILES string of the molecule is CC(C)CC(CNC1CC1)N(C)C. The fourth-order valence-electron chi connectivity index (χ4n) is 1.61. The van der Waals surface area contributed by atoms with Gasteiger partial charge in [0.05, 0.1) is 0 Å². The van der Waals surface area contributed by atoms with Crippen LogP contribution < -0.4 is 5.32 Å². The van der Waals surface area contributed by atoms with Gasteiger partial charge in [0.1, 0.15) is 0 Å². The van der Waals surface area contributed by atoms with E-state index in [4.69, 9.17) is 0 Å². The molecule has 1 aliphatic carbocycles. The van der Waals surface area contributed by atoms with Crippen molar-refractivity contribution in [3.05, 3.63) is 0 Å². The van der Waals surface area contributed by atoms with Crippen molar-refractivity contribution in [1.82, 2.24) is 10.2 Å². The first-order chi connectivity index (χ1) is 6.09. The monoisotopic (exact) mass is 184 g/mol. The predicted octanol–water partition coefficient (Wildman–Crippen LogP) is 1.71. The van der Waals surface area contributed by atoms with Gasteiger partial charge in [-0.3, -0.25) is 0 Å². The average Bonchev–Trinajstić information content (AvgIpc) is 2.79. The molecule has 78 valence electrons. The Morgan fingerprint density at radius 2 is 1.92 bits per heavy atom. The Morgan fingerprint density at radius 1 is 1.31 bits per heavy atom. The maximum absolute atomic E-state index is 3.60. The van der Waals surface area contributed by atoms with Gasteiger partial charge in [-0.1, -0.05) is 13.8 Å². The molecule has 0 spiro atoms. The molecule has 2 nitrogen and oxygen atoms in total. The van der Waals surface area contributed by atoms with E-state index in [1.807, 2.05) is 0 Å². The van der Waals surface area contributed by atoms with Gasteiger partial charge in [-0.05, 0) is 39.3 Å². The summed E-state index contributed by atoms with van der Waals surface area (Å²) in [4.78, 5) is 2.34. The zero-order valence-electron chi connectivity index (χ0n) is 9.51. The third-order valence-corrected chi connectivity index (χ3v) is 2.69. The van der Waals surface area contributed by atoms with Crippen LogP contribution in [0, 0.1) is 5.92 Å². The molecule has 1 atom stereocenters. The Bertz CT molecular complexity index is 139. The molecule has 0 aromatic carbocycles. The summed E-state index contributed by atoms with van der Waals surface area (Å²) in [5, 5.41) is 3.60. The van der Waals surface area contributed by atoms with Gasteiger partial charge >= 0.3 is 0 Å². The fraction of sp³-hybridized carbons (Fsp3) is 1.00. The van der Waals surface area contributed by atoms with Crippen LogP contribution in [0.4, 0.5) is 0 Å². The minimum Gasteiger partial charge on any atom is -0.312 e.